The summed E-state index contributed by atoms with van der Waals surface area (Å²) in [6.07, 6.45) is -4.05. The first kappa shape index (κ1) is 16.7. The third-order valence-electron chi connectivity index (χ3n) is 3.04. The van der Waals surface area contributed by atoms with Crippen LogP contribution >= 0.6 is 12.4 Å². The van der Waals surface area contributed by atoms with Gasteiger partial charge in [0.2, 0.25) is 0 Å². The van der Waals surface area contributed by atoms with Gasteiger partial charge in [-0.15, -0.1) is 12.4 Å². The van der Waals surface area contributed by atoms with Gasteiger partial charge >= 0.3 is 6.18 Å². The van der Waals surface area contributed by atoms with Gasteiger partial charge < -0.3 is 10.6 Å². The van der Waals surface area contributed by atoms with Crippen LogP contribution in [0.1, 0.15) is 22.3 Å². The number of likely N-dealkylation sites (tertiary alicyclic amines) is 1. The van der Waals surface area contributed by atoms with Crippen molar-refractivity contribution in [2.24, 2.45) is 5.73 Å². The first-order valence-corrected chi connectivity index (χ1v) is 5.70. The number of hydrogen-bond acceptors (Lipinski definition) is 2. The Hall–Kier alpha value is -1.34. The van der Waals surface area contributed by atoms with Crippen LogP contribution in [0, 0.1) is 5.82 Å². The molecule has 1 aromatic rings. The Morgan fingerprint density at radius 2 is 2.00 bits per heavy atom. The third-order valence-corrected chi connectivity index (χ3v) is 3.04. The highest BCUT2D eigenvalue weighted by atomic mass is 35.5. The maximum absolute atomic E-state index is 13.5. The van der Waals surface area contributed by atoms with Gasteiger partial charge in [0, 0.05) is 19.1 Å². The standard InChI is InChI=1S/C12H12F4N2O.ClH/c13-10-2-1-7(12(14,15)16)5-9(10)11(19)18-4-3-8(17)6-18;/h1-2,5,8H,3-4,6,17H2;1H. The Morgan fingerprint density at radius 3 is 2.50 bits per heavy atom. The van der Waals surface area contributed by atoms with Gasteiger partial charge in [0.1, 0.15) is 5.82 Å². The zero-order valence-electron chi connectivity index (χ0n) is 10.3. The number of halogens is 5. The van der Waals surface area contributed by atoms with E-state index >= 15 is 0 Å². The lowest BCUT2D eigenvalue weighted by molar-refractivity contribution is -0.137. The quantitative estimate of drug-likeness (QED) is 0.810. The van der Waals surface area contributed by atoms with Crippen LogP contribution < -0.4 is 5.73 Å². The molecule has 0 radical (unpaired) electrons. The fourth-order valence-corrected chi connectivity index (χ4v) is 2.01. The van der Waals surface area contributed by atoms with E-state index in [0.717, 1.165) is 0 Å². The largest absolute Gasteiger partial charge is 0.416 e. The number of nitrogens with two attached hydrogens (primary N) is 1. The molecule has 0 spiro atoms. The van der Waals surface area contributed by atoms with Crippen LogP contribution in [0.2, 0.25) is 0 Å². The number of hydrogen-bond donors (Lipinski definition) is 1. The molecular weight excluding hydrogens is 300 g/mol. The van der Waals surface area contributed by atoms with E-state index in [1.54, 1.807) is 0 Å². The van der Waals surface area contributed by atoms with E-state index in [2.05, 4.69) is 0 Å². The minimum atomic E-state index is -4.61. The summed E-state index contributed by atoms with van der Waals surface area (Å²) in [7, 11) is 0. The molecule has 1 unspecified atom stereocenters. The van der Waals surface area contributed by atoms with Crippen molar-refractivity contribution in [1.29, 1.82) is 0 Å². The lowest BCUT2D eigenvalue weighted by Gasteiger charge is -2.17. The number of nitrogens with zero attached hydrogens (tertiary/aromatic N) is 1. The summed E-state index contributed by atoms with van der Waals surface area (Å²) in [5.41, 5.74) is 4.00. The monoisotopic (exact) mass is 312 g/mol. The fraction of sp³-hybridized carbons (Fsp3) is 0.417. The topological polar surface area (TPSA) is 46.3 Å². The molecule has 1 saturated heterocycles. The molecule has 1 aliphatic heterocycles. The lowest BCUT2D eigenvalue weighted by atomic mass is 10.1. The van der Waals surface area contributed by atoms with Crippen molar-refractivity contribution in [3.8, 4) is 0 Å². The first-order valence-electron chi connectivity index (χ1n) is 5.70. The highest BCUT2D eigenvalue weighted by Gasteiger charge is 2.33. The number of carbonyl (C=O) groups excluding carboxylic acids is 1. The molecule has 1 aromatic carbocycles. The van der Waals surface area contributed by atoms with Crippen LogP contribution in [-0.2, 0) is 6.18 Å². The number of benzene rings is 1. The highest BCUT2D eigenvalue weighted by molar-refractivity contribution is 5.95. The maximum Gasteiger partial charge on any atom is 0.416 e. The van der Waals surface area contributed by atoms with Crippen LogP contribution in [0.15, 0.2) is 18.2 Å². The van der Waals surface area contributed by atoms with E-state index in [1.807, 2.05) is 0 Å². The van der Waals surface area contributed by atoms with Crippen molar-refractivity contribution >= 4 is 18.3 Å². The minimum absolute atomic E-state index is 0. The van der Waals surface area contributed by atoms with E-state index in [0.29, 0.717) is 31.2 Å². The van der Waals surface area contributed by atoms with Gasteiger partial charge in [0.05, 0.1) is 11.1 Å². The molecule has 1 heterocycles. The molecule has 0 aromatic heterocycles. The average Bonchev–Trinajstić information content (AvgIpc) is 2.74. The number of amides is 1. The Bertz CT molecular complexity index is 507. The molecule has 20 heavy (non-hydrogen) atoms. The summed E-state index contributed by atoms with van der Waals surface area (Å²) in [6, 6.07) is 1.60. The molecule has 0 saturated carbocycles. The van der Waals surface area contributed by atoms with Crippen LogP contribution in [0.5, 0.6) is 0 Å². The van der Waals surface area contributed by atoms with E-state index in [-0.39, 0.29) is 25.0 Å². The second kappa shape index (κ2) is 5.97. The molecule has 0 bridgehead atoms. The fourth-order valence-electron chi connectivity index (χ4n) is 2.01. The average molecular weight is 313 g/mol. The molecule has 1 fully saturated rings. The van der Waals surface area contributed by atoms with Gasteiger partial charge in [-0.2, -0.15) is 13.2 Å². The van der Waals surface area contributed by atoms with Crippen molar-refractivity contribution in [2.45, 2.75) is 18.6 Å². The maximum atomic E-state index is 13.5. The first-order chi connectivity index (χ1) is 8.79. The van der Waals surface area contributed by atoms with Gasteiger partial charge in [-0.05, 0) is 24.6 Å². The molecule has 2 rings (SSSR count). The molecule has 112 valence electrons. The summed E-state index contributed by atoms with van der Waals surface area (Å²) in [5, 5.41) is 0. The van der Waals surface area contributed by atoms with Crippen LogP contribution in [0.4, 0.5) is 17.6 Å². The normalized spacial score (nSPS) is 18.9. The van der Waals surface area contributed by atoms with Gasteiger partial charge in [0.25, 0.3) is 5.91 Å². The zero-order valence-corrected chi connectivity index (χ0v) is 11.1. The summed E-state index contributed by atoms with van der Waals surface area (Å²) in [5.74, 6) is -1.71. The van der Waals surface area contributed by atoms with Crippen LogP contribution in [-0.4, -0.2) is 29.9 Å². The predicted octanol–water partition coefficient (Wildman–Crippen LogP) is 2.44. The van der Waals surface area contributed by atoms with E-state index in [4.69, 9.17) is 5.73 Å². The van der Waals surface area contributed by atoms with Gasteiger partial charge in [-0.1, -0.05) is 0 Å². The Kier molecular flexibility index (Phi) is 4.99. The van der Waals surface area contributed by atoms with E-state index < -0.39 is 29.0 Å². The van der Waals surface area contributed by atoms with Crippen molar-refractivity contribution < 1.29 is 22.4 Å². The molecule has 2 N–H and O–H groups in total. The van der Waals surface area contributed by atoms with Crippen molar-refractivity contribution in [3.63, 3.8) is 0 Å². The Labute approximate surface area is 119 Å². The number of alkyl halides is 3. The molecule has 1 aliphatic rings. The number of carbonyl (C=O) groups is 1. The second-order valence-electron chi connectivity index (χ2n) is 4.49. The van der Waals surface area contributed by atoms with Crippen molar-refractivity contribution in [2.75, 3.05) is 13.1 Å². The summed E-state index contributed by atoms with van der Waals surface area (Å²) >= 11 is 0. The van der Waals surface area contributed by atoms with Gasteiger partial charge in [-0.25, -0.2) is 4.39 Å². The lowest BCUT2D eigenvalue weighted by Crippen LogP contribution is -2.32. The molecule has 1 atom stereocenters. The SMILES string of the molecule is Cl.NC1CCN(C(=O)c2cc(C(F)(F)F)ccc2F)C1. The van der Waals surface area contributed by atoms with Crippen molar-refractivity contribution in [1.82, 2.24) is 4.90 Å². The summed E-state index contributed by atoms with van der Waals surface area (Å²) in [6.45, 7) is 0.560. The Morgan fingerprint density at radius 1 is 1.35 bits per heavy atom. The number of rotatable bonds is 1. The predicted molar refractivity (Wildman–Crippen MR) is 67.1 cm³/mol. The molecule has 0 aliphatic carbocycles. The molecule has 8 heteroatoms. The highest BCUT2D eigenvalue weighted by Crippen LogP contribution is 2.30. The Balaban J connectivity index is 0.00000200. The molecule has 1 amide bonds. The second-order valence-corrected chi connectivity index (χ2v) is 4.49. The smallest absolute Gasteiger partial charge is 0.337 e. The van der Waals surface area contributed by atoms with Gasteiger partial charge in [-0.3, -0.25) is 4.79 Å². The summed E-state index contributed by atoms with van der Waals surface area (Å²) < 4.78 is 51.1. The molecular formula is C12H13ClF4N2O. The third kappa shape index (κ3) is 3.40. The van der Waals surface area contributed by atoms with Crippen molar-refractivity contribution in [3.05, 3.63) is 35.1 Å². The summed E-state index contributed by atoms with van der Waals surface area (Å²) in [4.78, 5) is 13.2. The zero-order chi connectivity index (χ0) is 14.2. The van der Waals surface area contributed by atoms with Crippen LogP contribution in [0.25, 0.3) is 0 Å². The molecule has 3 nitrogen and oxygen atoms in total. The van der Waals surface area contributed by atoms with E-state index in [1.165, 1.54) is 4.90 Å². The van der Waals surface area contributed by atoms with Gasteiger partial charge in [0.15, 0.2) is 0 Å². The minimum Gasteiger partial charge on any atom is -0.337 e. The van der Waals surface area contributed by atoms with Crippen LogP contribution in [0.3, 0.4) is 0 Å². The van der Waals surface area contributed by atoms with E-state index in [9.17, 15) is 22.4 Å².